The summed E-state index contributed by atoms with van der Waals surface area (Å²) in [4.78, 5) is 29.1. The lowest BCUT2D eigenvalue weighted by atomic mass is 9.84. The number of nitrogens with two attached hydrogens (primary N) is 5. The summed E-state index contributed by atoms with van der Waals surface area (Å²) in [5, 5.41) is 51.2. The number of rotatable bonds is 23. The van der Waals surface area contributed by atoms with Gasteiger partial charge in [0.15, 0.2) is 12.6 Å². The van der Waals surface area contributed by atoms with Crippen LogP contribution in [0.15, 0.2) is 23.1 Å². The highest BCUT2D eigenvalue weighted by atomic mass is 35.5. The van der Waals surface area contributed by atoms with E-state index in [9.17, 15) is 35.1 Å². The number of piperazine rings is 1. The van der Waals surface area contributed by atoms with E-state index in [1.165, 1.54) is 25.1 Å². The summed E-state index contributed by atoms with van der Waals surface area (Å²) in [5.41, 5.74) is 31.6. The predicted octanol–water partition coefficient (Wildman–Crippen LogP) is 2.47. The fourth-order valence-electron chi connectivity index (χ4n) is 10.3. The molecule has 0 amide bonds. The fourth-order valence-corrected chi connectivity index (χ4v) is 10.3. The minimum atomic E-state index is -1.43. The Kier molecular flexibility index (Phi) is 31.9. The van der Waals surface area contributed by atoms with Crippen molar-refractivity contribution in [2.75, 3.05) is 57.4 Å². The molecule has 0 unspecified atom stereocenters. The summed E-state index contributed by atoms with van der Waals surface area (Å²) >= 11 is 0. The third kappa shape index (κ3) is 17.6. The van der Waals surface area contributed by atoms with Gasteiger partial charge in [-0.25, -0.2) is 9.18 Å². The highest BCUT2D eigenvalue weighted by molar-refractivity contribution is 5.93. The van der Waals surface area contributed by atoms with Crippen LogP contribution in [-0.2, 0) is 23.7 Å². The van der Waals surface area contributed by atoms with Crippen molar-refractivity contribution in [3.63, 3.8) is 0 Å². The van der Waals surface area contributed by atoms with E-state index in [1.807, 2.05) is 9.47 Å². The van der Waals surface area contributed by atoms with Gasteiger partial charge in [0.05, 0.1) is 42.1 Å². The predicted molar refractivity (Wildman–Crippen MR) is 294 cm³/mol. The van der Waals surface area contributed by atoms with Crippen LogP contribution in [0.2, 0.25) is 0 Å². The molecule has 0 radical (unpaired) electrons. The molecule has 2 aromatic rings. The molecule has 0 spiro atoms. The first-order valence-electron chi connectivity index (χ1n) is 24.9. The number of aliphatic hydroxyl groups is 4. The normalized spacial score (nSPS) is 31.1. The Bertz CT molecular complexity index is 2020. The first-order valence-corrected chi connectivity index (χ1v) is 24.9. The van der Waals surface area contributed by atoms with Crippen LogP contribution in [0, 0.1) is 5.82 Å². The summed E-state index contributed by atoms with van der Waals surface area (Å²) in [5.74, 6) is -1.80. The van der Waals surface area contributed by atoms with Crippen molar-refractivity contribution in [3.8, 4) is 0 Å². The molecule has 3 saturated heterocycles. The summed E-state index contributed by atoms with van der Waals surface area (Å²) in [6, 6.07) is -0.0318. The number of aliphatic hydroxyl groups excluding tert-OH is 4. The van der Waals surface area contributed by atoms with Gasteiger partial charge in [0.25, 0.3) is 0 Å². The van der Waals surface area contributed by atoms with Gasteiger partial charge in [-0.2, -0.15) is 0 Å². The Morgan fingerprint density at radius 1 is 0.716 bits per heavy atom. The number of carboxylic acid groups (broad SMARTS) is 1. The molecule has 432 valence electrons. The minimum absolute atomic E-state index is 0. The van der Waals surface area contributed by atoms with Gasteiger partial charge in [-0.15, -0.1) is 74.4 Å². The highest BCUT2D eigenvalue weighted by Gasteiger charge is 2.51. The van der Waals surface area contributed by atoms with Crippen LogP contribution in [0.3, 0.4) is 0 Å². The van der Waals surface area contributed by atoms with Crippen LogP contribution in [0.4, 0.5) is 10.1 Å². The Hall–Kier alpha value is -1.23. The number of hydrogen-bond acceptors (Lipinski definition) is 18. The van der Waals surface area contributed by atoms with Crippen molar-refractivity contribution in [2.45, 2.75) is 182 Å². The molecular weight excluding hydrogens is 1100 g/mol. The zero-order chi connectivity index (χ0) is 48.6. The second kappa shape index (κ2) is 33.4. The maximum atomic E-state index is 15.4. The van der Waals surface area contributed by atoms with Crippen molar-refractivity contribution < 1.29 is 58.4 Å². The standard InChI is InChI=1S/C47H77FN8O12.6ClH/c48-29-19-27-33(56(26-11-12-26)24-28(39(27)59)45(62)63)22-34(29)55-16-14-54(15-17-55)13-9-7-5-3-1-2-4-6-8-10-18-64-44-42(67-46-32(52)21-35(58)36(23-49)65-46)30(50)20-31(51)43(44)68-47-41(61)38(53)40(60)37(25-57)66-47;;;;;;/h19,22,24,26,30-32,35-38,40-44,46-47,57-58,60-61H,1-18,20-21,23,25,49-53H2,(H,62,63);6*1H/t30-,31+,32+,35-,36+,37+,38-,40+,41+,42+,43-,44-,46+,47+;;;;;;/m0....../s1. The van der Waals surface area contributed by atoms with E-state index < -0.39 is 109 Å². The molecule has 0 bridgehead atoms. The second-order valence-electron chi connectivity index (χ2n) is 19.6. The number of benzene rings is 1. The van der Waals surface area contributed by atoms with Crippen molar-refractivity contribution in [1.29, 1.82) is 0 Å². The molecule has 2 saturated carbocycles. The molecule has 1 aromatic heterocycles. The van der Waals surface area contributed by atoms with Crippen molar-refractivity contribution in [3.05, 3.63) is 39.9 Å². The highest BCUT2D eigenvalue weighted by Crippen LogP contribution is 2.39. The number of carbonyl (C=O) groups is 1. The Balaban J connectivity index is 0.00000456. The van der Waals surface area contributed by atoms with Gasteiger partial charge in [0.1, 0.15) is 48.0 Å². The number of aromatic carboxylic acids is 1. The van der Waals surface area contributed by atoms with Crippen LogP contribution in [0.25, 0.3) is 10.9 Å². The van der Waals surface area contributed by atoms with E-state index in [0.717, 1.165) is 83.8 Å². The van der Waals surface area contributed by atoms with Crippen LogP contribution in [0.1, 0.15) is 106 Å². The van der Waals surface area contributed by atoms with Crippen molar-refractivity contribution in [1.82, 2.24) is 9.47 Å². The van der Waals surface area contributed by atoms with Gasteiger partial charge in [-0.1, -0.05) is 51.4 Å². The topological polar surface area (TPSA) is 323 Å². The smallest absolute Gasteiger partial charge is 0.341 e. The first-order chi connectivity index (χ1) is 32.7. The SMILES string of the molecule is Cl.Cl.Cl.Cl.Cl.Cl.NC[C@H]1O[C@H](O[C@H]2[C@H](OCCCCCCCCCCCCN3CCN(c4cc5c(cc4F)c(=O)c(C(=O)O)cn5C4CC4)CC3)[C@@H](O[C@H]3O[C@H](CO)[C@@H](O)[C@H](N)[C@H]3O)[C@H](N)C[C@@H]2N)[C@H](N)C[C@@H]1O. The molecule has 5 aliphatic rings. The second-order valence-corrected chi connectivity index (χ2v) is 19.6. The molecule has 4 heterocycles. The Morgan fingerprint density at radius 2 is 1.27 bits per heavy atom. The number of unbranched alkanes of at least 4 members (excludes halogenated alkanes) is 9. The third-order valence-electron chi connectivity index (χ3n) is 14.6. The van der Waals surface area contributed by atoms with Crippen LogP contribution >= 0.6 is 74.4 Å². The molecule has 5 fully saturated rings. The average molecular weight is 1180 g/mol. The number of aromatic nitrogens is 1. The number of pyridine rings is 1. The van der Waals surface area contributed by atoms with Gasteiger partial charge >= 0.3 is 5.97 Å². The van der Waals surface area contributed by atoms with E-state index in [0.29, 0.717) is 30.9 Å². The van der Waals surface area contributed by atoms with Crippen molar-refractivity contribution in [2.24, 2.45) is 28.7 Å². The average Bonchev–Trinajstić information content (AvgIpc) is 4.17. The number of ether oxygens (including phenoxy) is 5. The molecule has 7 rings (SSSR count). The largest absolute Gasteiger partial charge is 0.477 e. The van der Waals surface area contributed by atoms with Crippen LogP contribution in [-0.4, -0.2) is 179 Å². The van der Waals surface area contributed by atoms with E-state index in [4.69, 9.17) is 52.4 Å². The van der Waals surface area contributed by atoms with Gasteiger partial charge in [-0.05, 0) is 57.2 Å². The Labute approximate surface area is 470 Å². The van der Waals surface area contributed by atoms with Crippen molar-refractivity contribution >= 4 is 97.0 Å². The number of halogens is 7. The van der Waals surface area contributed by atoms with Gasteiger partial charge < -0.3 is 87.4 Å². The van der Waals surface area contributed by atoms with Gasteiger partial charge in [-0.3, -0.25) is 9.69 Å². The zero-order valence-electron chi connectivity index (χ0n) is 41.6. The number of hydrogen-bond donors (Lipinski definition) is 10. The number of carboxylic acids is 1. The van der Waals surface area contributed by atoms with E-state index in [1.54, 1.807) is 6.07 Å². The van der Waals surface area contributed by atoms with Gasteiger partial charge in [0.2, 0.25) is 5.43 Å². The lowest BCUT2D eigenvalue weighted by Crippen LogP contribution is -2.68. The Morgan fingerprint density at radius 3 is 1.82 bits per heavy atom. The molecule has 1 aromatic carbocycles. The molecular formula is C47H83Cl6FN8O12. The quantitative estimate of drug-likeness (QED) is 0.0715. The summed E-state index contributed by atoms with van der Waals surface area (Å²) in [6.45, 7) is 3.83. The molecule has 27 heteroatoms. The number of nitrogens with zero attached hydrogens (tertiary/aromatic N) is 3. The van der Waals surface area contributed by atoms with Crippen LogP contribution < -0.4 is 39.0 Å². The molecule has 15 N–H and O–H groups in total. The molecule has 2 aliphatic carbocycles. The minimum Gasteiger partial charge on any atom is -0.477 e. The van der Waals surface area contributed by atoms with Crippen LogP contribution in [0.5, 0.6) is 0 Å². The maximum Gasteiger partial charge on any atom is 0.341 e. The molecule has 74 heavy (non-hydrogen) atoms. The number of fused-ring (bicyclic) bond motifs is 1. The summed E-state index contributed by atoms with van der Waals surface area (Å²) in [7, 11) is 0. The lowest BCUT2D eigenvalue weighted by Gasteiger charge is -2.49. The van der Waals surface area contributed by atoms with E-state index >= 15 is 4.39 Å². The maximum absolute atomic E-state index is 15.4. The first kappa shape index (κ1) is 70.8. The lowest BCUT2D eigenvalue weighted by molar-refractivity contribution is -0.318. The summed E-state index contributed by atoms with van der Waals surface area (Å²) < 4.78 is 48.2. The van der Waals surface area contributed by atoms with E-state index in [2.05, 4.69) is 4.90 Å². The number of anilines is 1. The zero-order valence-corrected chi connectivity index (χ0v) is 46.5. The summed E-state index contributed by atoms with van der Waals surface area (Å²) in [6.07, 6.45) is 4.17. The molecule has 14 atom stereocenters. The molecule has 20 nitrogen and oxygen atoms in total. The van der Waals surface area contributed by atoms with Gasteiger partial charge in [0, 0.05) is 69.0 Å². The van der Waals surface area contributed by atoms with E-state index in [-0.39, 0.29) is 111 Å². The molecule has 3 aliphatic heterocycles. The third-order valence-corrected chi connectivity index (χ3v) is 14.6. The fraction of sp³-hybridized carbons (Fsp3) is 0.787. The monoisotopic (exact) mass is 1180 g/mol.